The monoisotopic (exact) mass is 264 g/mol. The fourth-order valence-corrected chi connectivity index (χ4v) is 1.65. The van der Waals surface area contributed by atoms with E-state index in [2.05, 4.69) is 24.7 Å². The van der Waals surface area contributed by atoms with Crippen LogP contribution in [0, 0.1) is 0 Å². The third-order valence-corrected chi connectivity index (χ3v) is 2.61. The Bertz CT molecular complexity index is 427. The standard InChI is InChI=1S/C14H21N3O2/c1-11(18)16-13-7-5-12(6-8-13)14(19)15-9-4-10-17(2)3/h5-8H,4,9-10H2,1-3H3,(H,15,19)(H,16,18)/p+1. The maximum Gasteiger partial charge on any atom is 0.251 e. The first-order valence-electron chi connectivity index (χ1n) is 6.44. The van der Waals surface area contributed by atoms with Crippen LogP contribution in [0.25, 0.3) is 0 Å². The number of anilines is 1. The lowest BCUT2D eigenvalue weighted by atomic mass is 10.2. The molecule has 0 saturated carbocycles. The van der Waals surface area contributed by atoms with Gasteiger partial charge in [-0.1, -0.05) is 0 Å². The highest BCUT2D eigenvalue weighted by atomic mass is 16.2. The Labute approximate surface area is 114 Å². The molecule has 5 heteroatoms. The molecule has 0 atom stereocenters. The molecule has 0 aliphatic carbocycles. The van der Waals surface area contributed by atoms with Gasteiger partial charge in [0.2, 0.25) is 5.91 Å². The minimum atomic E-state index is -0.122. The molecule has 0 radical (unpaired) electrons. The summed E-state index contributed by atoms with van der Waals surface area (Å²) >= 11 is 0. The van der Waals surface area contributed by atoms with Gasteiger partial charge in [-0.3, -0.25) is 9.59 Å². The minimum Gasteiger partial charge on any atom is -0.352 e. The van der Waals surface area contributed by atoms with E-state index in [4.69, 9.17) is 0 Å². The number of hydrogen-bond donors (Lipinski definition) is 3. The van der Waals surface area contributed by atoms with E-state index in [0.717, 1.165) is 13.0 Å². The molecule has 0 aromatic heterocycles. The SMILES string of the molecule is CC(=O)Nc1ccc(C(=O)NCCC[NH+](C)C)cc1. The van der Waals surface area contributed by atoms with E-state index in [0.29, 0.717) is 17.8 Å². The molecule has 104 valence electrons. The van der Waals surface area contributed by atoms with Crippen molar-refractivity contribution in [1.29, 1.82) is 0 Å². The van der Waals surface area contributed by atoms with Crippen LogP contribution in [0.1, 0.15) is 23.7 Å². The fourth-order valence-electron chi connectivity index (χ4n) is 1.65. The molecule has 1 aromatic rings. The highest BCUT2D eigenvalue weighted by molar-refractivity contribution is 5.95. The molecule has 0 unspecified atom stereocenters. The summed E-state index contributed by atoms with van der Waals surface area (Å²) in [6.07, 6.45) is 0.956. The molecule has 1 aromatic carbocycles. The zero-order chi connectivity index (χ0) is 14.3. The maximum absolute atomic E-state index is 11.8. The van der Waals surface area contributed by atoms with Gasteiger partial charge in [0.15, 0.2) is 0 Å². The number of quaternary nitrogens is 1. The molecule has 2 amide bonds. The van der Waals surface area contributed by atoms with Crippen LogP contribution in [0.3, 0.4) is 0 Å². The molecule has 0 heterocycles. The van der Waals surface area contributed by atoms with Crippen LogP contribution >= 0.6 is 0 Å². The van der Waals surface area contributed by atoms with Gasteiger partial charge in [-0.25, -0.2) is 0 Å². The van der Waals surface area contributed by atoms with Crippen molar-refractivity contribution in [2.24, 2.45) is 0 Å². The molecular formula is C14H22N3O2+. The van der Waals surface area contributed by atoms with Gasteiger partial charge in [0.05, 0.1) is 20.6 Å². The van der Waals surface area contributed by atoms with Crippen molar-refractivity contribution >= 4 is 17.5 Å². The first-order chi connectivity index (χ1) is 8.99. The van der Waals surface area contributed by atoms with E-state index in [1.807, 2.05) is 0 Å². The minimum absolute atomic E-state index is 0.0804. The van der Waals surface area contributed by atoms with E-state index in [-0.39, 0.29) is 11.8 Å². The molecule has 1 rings (SSSR count). The molecule has 3 N–H and O–H groups in total. The van der Waals surface area contributed by atoms with E-state index in [9.17, 15) is 9.59 Å². The van der Waals surface area contributed by atoms with Crippen molar-refractivity contribution in [3.8, 4) is 0 Å². The van der Waals surface area contributed by atoms with Crippen LogP contribution in [0.4, 0.5) is 5.69 Å². The Morgan fingerprint density at radius 3 is 2.32 bits per heavy atom. The third-order valence-electron chi connectivity index (χ3n) is 2.61. The van der Waals surface area contributed by atoms with Crippen LogP contribution in [-0.4, -0.2) is 39.0 Å². The lowest BCUT2D eigenvalue weighted by Crippen LogP contribution is -3.05. The van der Waals surface area contributed by atoms with Gasteiger partial charge in [-0.15, -0.1) is 0 Å². The summed E-state index contributed by atoms with van der Waals surface area (Å²) in [5.74, 6) is -0.202. The molecular weight excluding hydrogens is 242 g/mol. The summed E-state index contributed by atoms with van der Waals surface area (Å²) in [6.45, 7) is 3.16. The van der Waals surface area contributed by atoms with Crippen LogP contribution < -0.4 is 15.5 Å². The topological polar surface area (TPSA) is 62.6 Å². The maximum atomic E-state index is 11.8. The highest BCUT2D eigenvalue weighted by Gasteiger charge is 2.05. The summed E-state index contributed by atoms with van der Waals surface area (Å²) < 4.78 is 0. The molecule has 0 saturated heterocycles. The Balaban J connectivity index is 2.42. The highest BCUT2D eigenvalue weighted by Crippen LogP contribution is 2.09. The second-order valence-electron chi connectivity index (χ2n) is 4.83. The summed E-state index contributed by atoms with van der Waals surface area (Å²) in [5, 5.41) is 5.54. The third kappa shape index (κ3) is 6.01. The predicted octanol–water partition coefficient (Wildman–Crippen LogP) is -0.0906. The second-order valence-corrected chi connectivity index (χ2v) is 4.83. The Morgan fingerprint density at radius 2 is 1.79 bits per heavy atom. The van der Waals surface area contributed by atoms with E-state index >= 15 is 0 Å². The summed E-state index contributed by atoms with van der Waals surface area (Å²) in [6, 6.07) is 6.86. The van der Waals surface area contributed by atoms with Crippen LogP contribution in [0.2, 0.25) is 0 Å². The van der Waals surface area contributed by atoms with Gasteiger partial charge in [-0.2, -0.15) is 0 Å². The van der Waals surface area contributed by atoms with Crippen LogP contribution in [-0.2, 0) is 4.79 Å². The summed E-state index contributed by atoms with van der Waals surface area (Å²) in [7, 11) is 4.17. The molecule has 0 bridgehead atoms. The van der Waals surface area contributed by atoms with Crippen LogP contribution in [0.15, 0.2) is 24.3 Å². The lowest BCUT2D eigenvalue weighted by molar-refractivity contribution is -0.858. The van der Waals surface area contributed by atoms with Gasteiger partial charge in [0.1, 0.15) is 0 Å². The Morgan fingerprint density at radius 1 is 1.16 bits per heavy atom. The zero-order valence-electron chi connectivity index (χ0n) is 11.7. The number of amides is 2. The Kier molecular flexibility index (Phi) is 6.02. The summed E-state index contributed by atoms with van der Waals surface area (Å²) in [4.78, 5) is 24.1. The smallest absolute Gasteiger partial charge is 0.251 e. The number of rotatable bonds is 6. The van der Waals surface area contributed by atoms with Gasteiger partial charge in [0.25, 0.3) is 5.91 Å². The molecule has 5 nitrogen and oxygen atoms in total. The van der Waals surface area contributed by atoms with Crippen molar-refractivity contribution < 1.29 is 14.5 Å². The number of carbonyl (C=O) groups excluding carboxylic acids is 2. The van der Waals surface area contributed by atoms with Crippen molar-refractivity contribution in [2.75, 3.05) is 32.5 Å². The first kappa shape index (κ1) is 15.2. The second kappa shape index (κ2) is 7.53. The van der Waals surface area contributed by atoms with Crippen molar-refractivity contribution in [3.63, 3.8) is 0 Å². The van der Waals surface area contributed by atoms with Crippen molar-refractivity contribution in [1.82, 2.24) is 5.32 Å². The Hall–Kier alpha value is -1.88. The van der Waals surface area contributed by atoms with E-state index < -0.39 is 0 Å². The summed E-state index contributed by atoms with van der Waals surface area (Å²) in [5.41, 5.74) is 1.30. The zero-order valence-corrected chi connectivity index (χ0v) is 11.7. The normalized spacial score (nSPS) is 10.3. The van der Waals surface area contributed by atoms with E-state index in [1.165, 1.54) is 11.8 Å². The largest absolute Gasteiger partial charge is 0.352 e. The fraction of sp³-hybridized carbons (Fsp3) is 0.429. The first-order valence-corrected chi connectivity index (χ1v) is 6.44. The average molecular weight is 264 g/mol. The quantitative estimate of drug-likeness (QED) is 0.629. The molecule has 0 spiro atoms. The number of nitrogens with one attached hydrogen (secondary N) is 3. The molecule has 19 heavy (non-hydrogen) atoms. The molecule has 0 aliphatic rings. The predicted molar refractivity (Wildman–Crippen MR) is 75.4 cm³/mol. The number of benzene rings is 1. The molecule has 0 fully saturated rings. The van der Waals surface area contributed by atoms with Gasteiger partial charge in [0, 0.05) is 31.1 Å². The van der Waals surface area contributed by atoms with Gasteiger partial charge < -0.3 is 15.5 Å². The van der Waals surface area contributed by atoms with Gasteiger partial charge >= 0.3 is 0 Å². The number of hydrogen-bond acceptors (Lipinski definition) is 2. The average Bonchev–Trinajstić information content (AvgIpc) is 2.34. The molecule has 0 aliphatic heterocycles. The van der Waals surface area contributed by atoms with Gasteiger partial charge in [-0.05, 0) is 24.3 Å². The lowest BCUT2D eigenvalue weighted by Gasteiger charge is -2.08. The van der Waals surface area contributed by atoms with Crippen molar-refractivity contribution in [2.45, 2.75) is 13.3 Å². The van der Waals surface area contributed by atoms with Crippen molar-refractivity contribution in [3.05, 3.63) is 29.8 Å². The number of carbonyl (C=O) groups is 2. The van der Waals surface area contributed by atoms with Crippen LogP contribution in [0.5, 0.6) is 0 Å². The van der Waals surface area contributed by atoms with E-state index in [1.54, 1.807) is 24.3 Å².